The van der Waals surface area contributed by atoms with Crippen LogP contribution in [0.4, 0.5) is 11.6 Å². The predicted molar refractivity (Wildman–Crippen MR) is 111 cm³/mol. The van der Waals surface area contributed by atoms with Crippen molar-refractivity contribution in [2.45, 2.75) is 0 Å². The van der Waals surface area contributed by atoms with E-state index in [-0.39, 0.29) is 5.91 Å². The van der Waals surface area contributed by atoms with Crippen LogP contribution in [0.1, 0.15) is 10.4 Å². The first-order valence-corrected chi connectivity index (χ1v) is 9.09. The van der Waals surface area contributed by atoms with Crippen molar-refractivity contribution in [2.24, 2.45) is 7.05 Å². The van der Waals surface area contributed by atoms with Crippen LogP contribution in [0, 0.1) is 0 Å². The number of carbonyl (C=O) groups excluding carboxylic acids is 1. The van der Waals surface area contributed by atoms with Gasteiger partial charge in [-0.05, 0) is 24.3 Å². The van der Waals surface area contributed by atoms with Crippen LogP contribution in [0.3, 0.4) is 0 Å². The Hall–Kier alpha value is -3.59. The molecule has 0 aliphatic carbocycles. The molecule has 10 heteroatoms. The lowest BCUT2D eigenvalue weighted by molar-refractivity contribution is 0.0960. The summed E-state index contributed by atoms with van der Waals surface area (Å²) in [7, 11) is 4.86. The Morgan fingerprint density at radius 3 is 2.86 bits per heavy atom. The Bertz CT molecular complexity index is 1210. The average Bonchev–Trinajstić information content (AvgIpc) is 3.36. The third-order valence-corrected chi connectivity index (χ3v) is 4.91. The van der Waals surface area contributed by atoms with Crippen LogP contribution in [0.5, 0.6) is 5.75 Å². The fourth-order valence-electron chi connectivity index (χ4n) is 2.97. The molecule has 148 valence electrons. The van der Waals surface area contributed by atoms with Crippen molar-refractivity contribution in [1.82, 2.24) is 30.3 Å². The molecule has 29 heavy (non-hydrogen) atoms. The maximum Gasteiger partial charge on any atom is 0.254 e. The van der Waals surface area contributed by atoms with E-state index in [1.54, 1.807) is 43.2 Å². The number of hydrogen-bond acceptors (Lipinski definition) is 6. The van der Waals surface area contributed by atoms with E-state index in [4.69, 9.17) is 16.3 Å². The zero-order valence-corrected chi connectivity index (χ0v) is 16.7. The standard InChI is InChI=1S/C19H18ClN7O2/c1-21-18(28)11-5-4-10(8-15(11)29-3)17-24-19(27(2)26-17)23-14-7-6-13-12(16(14)20)9-22-25-13/h4-9H,1-3H3,(H,21,28)(H,22,25)(H,23,24,26). The number of nitrogens with one attached hydrogen (secondary N) is 3. The van der Waals surface area contributed by atoms with Crippen molar-refractivity contribution in [2.75, 3.05) is 19.5 Å². The smallest absolute Gasteiger partial charge is 0.254 e. The average molecular weight is 412 g/mol. The maximum atomic E-state index is 12.0. The van der Waals surface area contributed by atoms with Crippen molar-refractivity contribution in [1.29, 1.82) is 0 Å². The lowest BCUT2D eigenvalue weighted by Gasteiger charge is -2.08. The first-order valence-electron chi connectivity index (χ1n) is 8.72. The Morgan fingerprint density at radius 1 is 1.28 bits per heavy atom. The van der Waals surface area contributed by atoms with Gasteiger partial charge in [0, 0.05) is 25.0 Å². The number of aromatic nitrogens is 5. The number of halogens is 1. The van der Waals surface area contributed by atoms with Gasteiger partial charge in [0.05, 0.1) is 35.1 Å². The molecule has 0 aliphatic rings. The highest BCUT2D eigenvalue weighted by atomic mass is 35.5. The van der Waals surface area contributed by atoms with Crippen LogP contribution in [0.2, 0.25) is 5.02 Å². The van der Waals surface area contributed by atoms with Crippen LogP contribution in [0.15, 0.2) is 36.5 Å². The third kappa shape index (κ3) is 3.36. The first-order chi connectivity index (χ1) is 14.0. The fraction of sp³-hybridized carbons (Fsp3) is 0.158. The second-order valence-electron chi connectivity index (χ2n) is 6.26. The number of H-pyrrole nitrogens is 1. The molecule has 0 saturated heterocycles. The Morgan fingerprint density at radius 2 is 2.10 bits per heavy atom. The molecular weight excluding hydrogens is 394 g/mol. The number of benzene rings is 2. The zero-order chi connectivity index (χ0) is 20.5. The molecule has 2 aromatic heterocycles. The SMILES string of the molecule is CNC(=O)c1ccc(-c2nc(Nc3ccc4[nH]ncc4c3Cl)n(C)n2)cc1OC. The van der Waals surface area contributed by atoms with Gasteiger partial charge in [0.1, 0.15) is 5.75 Å². The van der Waals surface area contributed by atoms with Gasteiger partial charge in [-0.15, -0.1) is 5.10 Å². The summed E-state index contributed by atoms with van der Waals surface area (Å²) in [5.74, 6) is 1.21. The van der Waals surface area contributed by atoms with Crippen LogP contribution in [0.25, 0.3) is 22.3 Å². The Balaban J connectivity index is 1.67. The van der Waals surface area contributed by atoms with Gasteiger partial charge in [0.2, 0.25) is 5.95 Å². The molecule has 0 spiro atoms. The molecule has 0 unspecified atom stereocenters. The summed E-state index contributed by atoms with van der Waals surface area (Å²) >= 11 is 6.48. The van der Waals surface area contributed by atoms with Gasteiger partial charge in [0.15, 0.2) is 5.82 Å². The van der Waals surface area contributed by atoms with E-state index in [2.05, 4.69) is 30.9 Å². The minimum atomic E-state index is -0.228. The van der Waals surface area contributed by atoms with E-state index in [9.17, 15) is 4.79 Å². The largest absolute Gasteiger partial charge is 0.496 e. The maximum absolute atomic E-state index is 12.0. The molecule has 0 atom stereocenters. The van der Waals surface area contributed by atoms with Crippen molar-refractivity contribution in [3.05, 3.63) is 47.1 Å². The van der Waals surface area contributed by atoms with E-state index in [0.717, 1.165) is 16.5 Å². The topological polar surface area (TPSA) is 110 Å². The monoisotopic (exact) mass is 411 g/mol. The molecule has 0 fully saturated rings. The minimum absolute atomic E-state index is 0.228. The number of ether oxygens (including phenoxy) is 1. The quantitative estimate of drug-likeness (QED) is 0.465. The highest BCUT2D eigenvalue weighted by molar-refractivity contribution is 6.38. The molecule has 1 amide bonds. The van der Waals surface area contributed by atoms with Crippen molar-refractivity contribution in [3.8, 4) is 17.1 Å². The summed E-state index contributed by atoms with van der Waals surface area (Å²) in [6.45, 7) is 0. The van der Waals surface area contributed by atoms with Gasteiger partial charge in [-0.3, -0.25) is 9.89 Å². The molecule has 4 rings (SSSR count). The summed E-state index contributed by atoms with van der Waals surface area (Å²) in [5, 5.41) is 18.5. The van der Waals surface area contributed by atoms with Gasteiger partial charge in [-0.25, -0.2) is 4.68 Å². The summed E-state index contributed by atoms with van der Waals surface area (Å²) in [6.07, 6.45) is 1.67. The normalized spacial score (nSPS) is 10.9. The Kier molecular flexibility index (Phi) is 4.81. The lowest BCUT2D eigenvalue weighted by atomic mass is 10.1. The molecule has 3 N–H and O–H groups in total. The highest BCUT2D eigenvalue weighted by Gasteiger charge is 2.16. The predicted octanol–water partition coefficient (Wildman–Crippen LogP) is 3.12. The molecule has 0 saturated carbocycles. The fourth-order valence-corrected chi connectivity index (χ4v) is 3.23. The summed E-state index contributed by atoms with van der Waals surface area (Å²) in [4.78, 5) is 16.5. The second-order valence-corrected chi connectivity index (χ2v) is 6.64. The third-order valence-electron chi connectivity index (χ3n) is 4.50. The molecular formula is C19H18ClN7O2. The number of anilines is 2. The minimum Gasteiger partial charge on any atom is -0.496 e. The molecule has 0 bridgehead atoms. The number of methoxy groups -OCH3 is 1. The number of nitrogens with zero attached hydrogens (tertiary/aromatic N) is 4. The summed E-state index contributed by atoms with van der Waals surface area (Å²) in [6, 6.07) is 8.92. The zero-order valence-electron chi connectivity index (χ0n) is 15.9. The van der Waals surface area contributed by atoms with Gasteiger partial charge >= 0.3 is 0 Å². The number of carbonyl (C=O) groups is 1. The number of amides is 1. The summed E-state index contributed by atoms with van der Waals surface area (Å²) in [5.41, 5.74) is 2.69. The van der Waals surface area contributed by atoms with E-state index in [0.29, 0.717) is 33.8 Å². The molecule has 0 radical (unpaired) electrons. The second kappa shape index (κ2) is 7.44. The van der Waals surface area contributed by atoms with Gasteiger partial charge in [-0.1, -0.05) is 17.7 Å². The van der Waals surface area contributed by atoms with Crippen LogP contribution in [-0.2, 0) is 7.05 Å². The van der Waals surface area contributed by atoms with Crippen molar-refractivity contribution < 1.29 is 9.53 Å². The number of rotatable bonds is 5. The van der Waals surface area contributed by atoms with Crippen LogP contribution in [-0.4, -0.2) is 45.0 Å². The van der Waals surface area contributed by atoms with Crippen LogP contribution < -0.4 is 15.4 Å². The van der Waals surface area contributed by atoms with E-state index < -0.39 is 0 Å². The van der Waals surface area contributed by atoms with E-state index in [1.807, 2.05) is 12.1 Å². The van der Waals surface area contributed by atoms with Gasteiger partial charge in [-0.2, -0.15) is 10.1 Å². The number of hydrogen-bond donors (Lipinski definition) is 3. The molecule has 9 nitrogen and oxygen atoms in total. The van der Waals surface area contributed by atoms with Crippen molar-refractivity contribution in [3.63, 3.8) is 0 Å². The highest BCUT2D eigenvalue weighted by Crippen LogP contribution is 2.32. The van der Waals surface area contributed by atoms with Gasteiger partial charge in [0.25, 0.3) is 5.91 Å². The molecule has 4 aromatic rings. The summed E-state index contributed by atoms with van der Waals surface area (Å²) < 4.78 is 6.96. The van der Waals surface area contributed by atoms with Gasteiger partial charge < -0.3 is 15.4 Å². The van der Waals surface area contributed by atoms with Crippen molar-refractivity contribution >= 4 is 40.0 Å². The lowest BCUT2D eigenvalue weighted by Crippen LogP contribution is -2.18. The Labute approximate surface area is 171 Å². The number of aromatic amines is 1. The molecule has 2 heterocycles. The first kappa shape index (κ1) is 18.8. The number of aryl methyl sites for hydroxylation is 1. The molecule has 0 aliphatic heterocycles. The van der Waals surface area contributed by atoms with E-state index in [1.165, 1.54) is 7.11 Å². The number of fused-ring (bicyclic) bond motifs is 1. The molecule has 2 aromatic carbocycles. The van der Waals surface area contributed by atoms with E-state index >= 15 is 0 Å². The van der Waals surface area contributed by atoms with Crippen LogP contribution >= 0.6 is 11.6 Å².